The maximum atomic E-state index is 5.98. The van der Waals surface area contributed by atoms with Gasteiger partial charge in [-0.05, 0) is 37.3 Å². The van der Waals surface area contributed by atoms with E-state index in [1.807, 2.05) is 13.0 Å². The summed E-state index contributed by atoms with van der Waals surface area (Å²) in [6.07, 6.45) is 2.54. The van der Waals surface area contributed by atoms with E-state index in [-0.39, 0.29) is 0 Å². The average Bonchev–Trinajstić information content (AvgIpc) is 2.10. The second kappa shape index (κ2) is 3.52. The van der Waals surface area contributed by atoms with Gasteiger partial charge in [-0.2, -0.15) is 0 Å². The lowest BCUT2D eigenvalue weighted by molar-refractivity contribution is 0.309. The first-order valence-corrected chi connectivity index (χ1v) is 5.28. The van der Waals surface area contributed by atoms with Crippen molar-refractivity contribution in [1.82, 2.24) is 0 Å². The van der Waals surface area contributed by atoms with E-state index in [1.165, 1.54) is 12.8 Å². The van der Waals surface area contributed by atoms with Crippen molar-refractivity contribution < 1.29 is 0 Å². The summed E-state index contributed by atoms with van der Waals surface area (Å²) in [5.74, 6) is 0.874. The van der Waals surface area contributed by atoms with Crippen molar-refractivity contribution in [2.45, 2.75) is 32.7 Å². The first-order valence-electron chi connectivity index (χ1n) is 5.28. The Morgan fingerprint density at radius 1 is 1.36 bits per heavy atom. The normalized spacial score (nSPS) is 25.6. The molecule has 0 aliphatic heterocycles. The van der Waals surface area contributed by atoms with Gasteiger partial charge in [-0.1, -0.05) is 19.1 Å². The van der Waals surface area contributed by atoms with Crippen LogP contribution in [0, 0.1) is 12.8 Å². The van der Waals surface area contributed by atoms with Crippen LogP contribution in [0.15, 0.2) is 18.2 Å². The summed E-state index contributed by atoms with van der Waals surface area (Å²) in [4.78, 5) is 0. The minimum atomic E-state index is 0.633. The fourth-order valence-electron chi connectivity index (χ4n) is 2.05. The van der Waals surface area contributed by atoms with Crippen molar-refractivity contribution in [2.75, 3.05) is 11.1 Å². The molecule has 76 valence electrons. The number of anilines is 2. The number of aryl methyl sites for hydroxylation is 1. The zero-order valence-electron chi connectivity index (χ0n) is 8.88. The molecule has 0 bridgehead atoms. The van der Waals surface area contributed by atoms with E-state index < -0.39 is 0 Å². The molecule has 1 aromatic carbocycles. The lowest BCUT2D eigenvalue weighted by atomic mass is 9.82. The maximum Gasteiger partial charge on any atom is 0.0579 e. The van der Waals surface area contributed by atoms with Gasteiger partial charge in [0.2, 0.25) is 0 Å². The largest absolute Gasteiger partial charge is 0.397 e. The summed E-state index contributed by atoms with van der Waals surface area (Å²) in [6.45, 7) is 4.34. The van der Waals surface area contributed by atoms with Gasteiger partial charge in [0.15, 0.2) is 0 Å². The standard InChI is InChI=1S/C12H18N2/c1-8-6-10(7-8)14-11-5-3-4-9(2)12(11)13/h3-5,8,10,14H,6-7,13H2,1-2H3. The predicted octanol–water partition coefficient (Wildman–Crippen LogP) is 2.79. The smallest absolute Gasteiger partial charge is 0.0579 e. The third-order valence-electron chi connectivity index (χ3n) is 3.06. The van der Waals surface area contributed by atoms with Crippen LogP contribution in [-0.2, 0) is 0 Å². The number of para-hydroxylation sites is 1. The molecule has 0 saturated heterocycles. The van der Waals surface area contributed by atoms with Crippen LogP contribution in [0.4, 0.5) is 11.4 Å². The van der Waals surface area contributed by atoms with Gasteiger partial charge < -0.3 is 11.1 Å². The van der Waals surface area contributed by atoms with Gasteiger partial charge in [-0.3, -0.25) is 0 Å². The molecule has 2 heteroatoms. The number of rotatable bonds is 2. The molecule has 2 nitrogen and oxygen atoms in total. The molecular weight excluding hydrogens is 172 g/mol. The molecule has 0 heterocycles. The van der Waals surface area contributed by atoms with Crippen molar-refractivity contribution in [1.29, 1.82) is 0 Å². The van der Waals surface area contributed by atoms with Crippen molar-refractivity contribution in [3.05, 3.63) is 23.8 Å². The molecule has 1 saturated carbocycles. The molecule has 0 amide bonds. The Morgan fingerprint density at radius 2 is 2.07 bits per heavy atom. The van der Waals surface area contributed by atoms with E-state index in [0.29, 0.717) is 6.04 Å². The third kappa shape index (κ3) is 1.69. The molecule has 3 N–H and O–H groups in total. The highest BCUT2D eigenvalue weighted by molar-refractivity contribution is 5.69. The van der Waals surface area contributed by atoms with Crippen LogP contribution in [0.5, 0.6) is 0 Å². The molecule has 14 heavy (non-hydrogen) atoms. The van der Waals surface area contributed by atoms with E-state index in [2.05, 4.69) is 24.4 Å². The number of benzene rings is 1. The first-order chi connectivity index (χ1) is 6.66. The number of nitrogen functional groups attached to an aromatic ring is 1. The van der Waals surface area contributed by atoms with Crippen molar-refractivity contribution in [3.8, 4) is 0 Å². The zero-order valence-corrected chi connectivity index (χ0v) is 8.88. The van der Waals surface area contributed by atoms with Crippen molar-refractivity contribution in [2.24, 2.45) is 5.92 Å². The summed E-state index contributed by atoms with van der Waals surface area (Å²) in [6, 6.07) is 6.79. The summed E-state index contributed by atoms with van der Waals surface area (Å²) in [7, 11) is 0. The van der Waals surface area contributed by atoms with Crippen molar-refractivity contribution >= 4 is 11.4 Å². The summed E-state index contributed by atoms with van der Waals surface area (Å²) in [5.41, 5.74) is 9.13. The zero-order chi connectivity index (χ0) is 10.1. The van der Waals surface area contributed by atoms with Gasteiger partial charge in [0, 0.05) is 6.04 Å². The molecule has 0 aromatic heterocycles. The van der Waals surface area contributed by atoms with Gasteiger partial charge in [0.25, 0.3) is 0 Å². The van der Waals surface area contributed by atoms with Crippen LogP contribution in [0.25, 0.3) is 0 Å². The van der Waals surface area contributed by atoms with Gasteiger partial charge in [0.05, 0.1) is 11.4 Å². The summed E-state index contributed by atoms with van der Waals surface area (Å²) < 4.78 is 0. The summed E-state index contributed by atoms with van der Waals surface area (Å²) >= 11 is 0. The minimum absolute atomic E-state index is 0.633. The highest BCUT2D eigenvalue weighted by Gasteiger charge is 2.25. The SMILES string of the molecule is Cc1cccc(NC2CC(C)C2)c1N. The van der Waals surface area contributed by atoms with Gasteiger partial charge in [-0.15, -0.1) is 0 Å². The molecule has 2 rings (SSSR count). The van der Waals surface area contributed by atoms with Gasteiger partial charge in [0.1, 0.15) is 0 Å². The van der Waals surface area contributed by atoms with Crippen molar-refractivity contribution in [3.63, 3.8) is 0 Å². The molecule has 1 fully saturated rings. The Morgan fingerprint density at radius 3 is 2.71 bits per heavy atom. The van der Waals surface area contributed by atoms with Crippen LogP contribution in [0.1, 0.15) is 25.3 Å². The first kappa shape index (κ1) is 9.38. The van der Waals surface area contributed by atoms with Crippen LogP contribution < -0.4 is 11.1 Å². The summed E-state index contributed by atoms with van der Waals surface area (Å²) in [5, 5.41) is 3.49. The topological polar surface area (TPSA) is 38.0 Å². The number of hydrogen-bond donors (Lipinski definition) is 2. The lowest BCUT2D eigenvalue weighted by Gasteiger charge is -2.34. The molecule has 0 unspecified atom stereocenters. The Hall–Kier alpha value is -1.18. The molecule has 1 aliphatic rings. The molecular formula is C12H18N2. The fraction of sp³-hybridized carbons (Fsp3) is 0.500. The molecule has 0 atom stereocenters. The van der Waals surface area contributed by atoms with Crippen LogP contribution in [-0.4, -0.2) is 6.04 Å². The number of hydrogen-bond acceptors (Lipinski definition) is 2. The Balaban J connectivity index is 2.06. The van der Waals surface area contributed by atoms with E-state index in [4.69, 9.17) is 5.73 Å². The predicted molar refractivity (Wildman–Crippen MR) is 61.4 cm³/mol. The number of nitrogens with one attached hydrogen (secondary N) is 1. The van der Waals surface area contributed by atoms with E-state index in [1.54, 1.807) is 0 Å². The lowest BCUT2D eigenvalue weighted by Crippen LogP contribution is -2.34. The van der Waals surface area contributed by atoms with Gasteiger partial charge in [-0.25, -0.2) is 0 Å². The Labute approximate surface area is 85.5 Å². The molecule has 1 aliphatic carbocycles. The van der Waals surface area contributed by atoms with E-state index in [9.17, 15) is 0 Å². The highest BCUT2D eigenvalue weighted by atomic mass is 15.0. The minimum Gasteiger partial charge on any atom is -0.397 e. The quantitative estimate of drug-likeness (QED) is 0.704. The average molecular weight is 190 g/mol. The van der Waals surface area contributed by atoms with Crippen LogP contribution in [0.3, 0.4) is 0 Å². The number of nitrogens with two attached hydrogens (primary N) is 1. The third-order valence-corrected chi connectivity index (χ3v) is 3.06. The second-order valence-corrected chi connectivity index (χ2v) is 4.45. The molecule has 1 aromatic rings. The van der Waals surface area contributed by atoms with E-state index >= 15 is 0 Å². The molecule has 0 radical (unpaired) electrons. The van der Waals surface area contributed by atoms with Crippen LogP contribution >= 0.6 is 0 Å². The fourth-order valence-corrected chi connectivity index (χ4v) is 2.05. The van der Waals surface area contributed by atoms with Crippen LogP contribution in [0.2, 0.25) is 0 Å². The monoisotopic (exact) mass is 190 g/mol. The Kier molecular flexibility index (Phi) is 2.36. The maximum absolute atomic E-state index is 5.98. The van der Waals surface area contributed by atoms with Gasteiger partial charge >= 0.3 is 0 Å². The second-order valence-electron chi connectivity index (χ2n) is 4.45. The highest BCUT2D eigenvalue weighted by Crippen LogP contribution is 2.31. The molecule has 0 spiro atoms. The van der Waals surface area contributed by atoms with E-state index in [0.717, 1.165) is 22.9 Å². The Bertz CT molecular complexity index is 327.